The van der Waals surface area contributed by atoms with Gasteiger partial charge in [0.15, 0.2) is 0 Å². The molecule has 1 amide bonds. The summed E-state index contributed by atoms with van der Waals surface area (Å²) in [6, 6.07) is 5.53. The summed E-state index contributed by atoms with van der Waals surface area (Å²) in [7, 11) is 0. The van der Waals surface area contributed by atoms with Crippen LogP contribution >= 0.6 is 24.0 Å². The maximum Gasteiger partial charge on any atom is 0.267 e. The predicted molar refractivity (Wildman–Crippen MR) is 147 cm³/mol. The van der Waals surface area contributed by atoms with Crippen LogP contribution in [0.25, 0.3) is 11.7 Å². The summed E-state index contributed by atoms with van der Waals surface area (Å²) >= 11 is 6.87. The predicted octanol–water partition coefficient (Wildman–Crippen LogP) is 5.74. The highest BCUT2D eigenvalue weighted by Gasteiger charge is 2.34. The quantitative estimate of drug-likeness (QED) is 0.274. The molecule has 1 aliphatic heterocycles. The van der Waals surface area contributed by atoms with Gasteiger partial charge in [0.2, 0.25) is 0 Å². The molecular formula is C26H36N4O2S2. The van der Waals surface area contributed by atoms with Crippen molar-refractivity contribution >= 4 is 51.7 Å². The first-order valence-electron chi connectivity index (χ1n) is 12.5. The molecular weight excluding hydrogens is 464 g/mol. The third-order valence-electron chi connectivity index (χ3n) is 6.17. The van der Waals surface area contributed by atoms with Crippen LogP contribution in [0, 0.1) is 5.92 Å². The molecule has 0 aromatic carbocycles. The fourth-order valence-corrected chi connectivity index (χ4v) is 5.54. The molecule has 0 aliphatic carbocycles. The van der Waals surface area contributed by atoms with Crippen molar-refractivity contribution in [3.63, 3.8) is 0 Å². The van der Waals surface area contributed by atoms with Crippen LogP contribution in [0.15, 0.2) is 34.1 Å². The molecule has 2 aromatic heterocycles. The van der Waals surface area contributed by atoms with Crippen molar-refractivity contribution < 1.29 is 4.79 Å². The Balaban J connectivity index is 2.04. The molecule has 34 heavy (non-hydrogen) atoms. The van der Waals surface area contributed by atoms with E-state index in [0.717, 1.165) is 51.6 Å². The molecule has 8 heteroatoms. The van der Waals surface area contributed by atoms with Crippen LogP contribution in [0.3, 0.4) is 0 Å². The highest BCUT2D eigenvalue weighted by Crippen LogP contribution is 2.34. The third-order valence-corrected chi connectivity index (χ3v) is 7.55. The first kappa shape index (κ1) is 26.4. The average molecular weight is 501 g/mol. The van der Waals surface area contributed by atoms with Crippen molar-refractivity contribution in [1.82, 2.24) is 14.3 Å². The van der Waals surface area contributed by atoms with E-state index >= 15 is 0 Å². The van der Waals surface area contributed by atoms with E-state index in [-0.39, 0.29) is 11.5 Å². The Morgan fingerprint density at radius 3 is 2.50 bits per heavy atom. The summed E-state index contributed by atoms with van der Waals surface area (Å²) in [6.07, 6.45) is 9.71. The van der Waals surface area contributed by atoms with Crippen LogP contribution in [0.5, 0.6) is 0 Å². The number of pyridine rings is 1. The maximum atomic E-state index is 13.5. The number of thiocarbonyl (C=S) groups is 1. The van der Waals surface area contributed by atoms with Gasteiger partial charge in [-0.1, -0.05) is 77.0 Å². The van der Waals surface area contributed by atoms with Crippen molar-refractivity contribution in [1.29, 1.82) is 0 Å². The van der Waals surface area contributed by atoms with E-state index in [1.165, 1.54) is 11.8 Å². The molecule has 1 aliphatic rings. The van der Waals surface area contributed by atoms with E-state index in [0.29, 0.717) is 38.7 Å². The molecule has 2 aromatic rings. The van der Waals surface area contributed by atoms with Gasteiger partial charge in [0.25, 0.3) is 11.5 Å². The summed E-state index contributed by atoms with van der Waals surface area (Å²) in [4.78, 5) is 36.1. The van der Waals surface area contributed by atoms with Crippen LogP contribution in [0.4, 0.5) is 5.82 Å². The van der Waals surface area contributed by atoms with E-state index in [2.05, 4.69) is 32.6 Å². The third kappa shape index (κ3) is 5.89. The molecule has 0 radical (unpaired) electrons. The Hall–Kier alpha value is -2.19. The summed E-state index contributed by atoms with van der Waals surface area (Å²) in [5.41, 5.74) is 0.882. The van der Waals surface area contributed by atoms with Gasteiger partial charge < -0.3 is 4.90 Å². The number of aromatic nitrogens is 2. The number of carbonyl (C=O) groups excluding carboxylic acids is 1. The maximum absolute atomic E-state index is 13.5. The Kier molecular flexibility index (Phi) is 9.71. The minimum absolute atomic E-state index is 0.106. The molecule has 184 valence electrons. The number of fused-ring (bicyclic) bond motifs is 1. The van der Waals surface area contributed by atoms with Gasteiger partial charge in [-0.2, -0.15) is 0 Å². The van der Waals surface area contributed by atoms with Crippen LogP contribution in [-0.4, -0.2) is 44.1 Å². The lowest BCUT2D eigenvalue weighted by atomic mass is 9.99. The number of hydrogen-bond donors (Lipinski definition) is 0. The largest absolute Gasteiger partial charge is 0.356 e. The molecule has 1 saturated heterocycles. The molecule has 1 unspecified atom stereocenters. The minimum Gasteiger partial charge on any atom is -0.356 e. The van der Waals surface area contributed by atoms with Crippen LogP contribution in [0.2, 0.25) is 0 Å². The van der Waals surface area contributed by atoms with Crippen molar-refractivity contribution in [2.45, 2.75) is 66.2 Å². The van der Waals surface area contributed by atoms with Crippen LogP contribution in [-0.2, 0) is 4.79 Å². The lowest BCUT2D eigenvalue weighted by Gasteiger charge is -2.24. The number of anilines is 1. The Morgan fingerprint density at radius 2 is 1.85 bits per heavy atom. The number of carbonyl (C=O) groups is 1. The second-order valence-electron chi connectivity index (χ2n) is 8.78. The number of thioether (sulfide) groups is 1. The molecule has 0 spiro atoms. The minimum atomic E-state index is -0.169. The van der Waals surface area contributed by atoms with Crippen molar-refractivity contribution in [2.24, 2.45) is 5.92 Å². The molecule has 3 heterocycles. The van der Waals surface area contributed by atoms with Crippen LogP contribution in [0.1, 0.15) is 71.8 Å². The Labute approximate surface area is 212 Å². The highest BCUT2D eigenvalue weighted by molar-refractivity contribution is 8.26. The topological polar surface area (TPSA) is 57.9 Å². The molecule has 0 bridgehead atoms. The lowest BCUT2D eigenvalue weighted by molar-refractivity contribution is -0.122. The van der Waals surface area contributed by atoms with Gasteiger partial charge in [-0.25, -0.2) is 4.98 Å². The summed E-state index contributed by atoms with van der Waals surface area (Å²) < 4.78 is 2.12. The molecule has 1 atom stereocenters. The van der Waals surface area contributed by atoms with E-state index < -0.39 is 0 Å². The van der Waals surface area contributed by atoms with Gasteiger partial charge in [0.05, 0.1) is 10.5 Å². The van der Waals surface area contributed by atoms with E-state index in [1.54, 1.807) is 21.6 Å². The smallest absolute Gasteiger partial charge is 0.267 e. The van der Waals surface area contributed by atoms with Gasteiger partial charge in [0, 0.05) is 25.8 Å². The van der Waals surface area contributed by atoms with Gasteiger partial charge in [-0.05, 0) is 43.4 Å². The number of nitrogens with zero attached hydrogens (tertiary/aromatic N) is 4. The zero-order valence-electron chi connectivity index (χ0n) is 20.7. The van der Waals surface area contributed by atoms with Crippen molar-refractivity contribution in [3.8, 4) is 0 Å². The molecule has 0 N–H and O–H groups in total. The van der Waals surface area contributed by atoms with Gasteiger partial charge in [-0.3, -0.25) is 18.9 Å². The standard InChI is InChI=1S/C26H36N4O2S2/c1-5-9-12-19(8-4)18-30-25(32)21(34-26(30)33)17-20-23(28(14-6-2)15-7-3)27-22-13-10-11-16-29(22)24(20)31/h10-11,13,16-17,19H,5-9,12,14-15,18H2,1-4H3. The molecule has 3 rings (SSSR count). The first-order chi connectivity index (χ1) is 16.4. The second kappa shape index (κ2) is 12.5. The second-order valence-corrected chi connectivity index (χ2v) is 10.5. The summed E-state index contributed by atoms with van der Waals surface area (Å²) in [6.45, 7) is 10.8. The normalized spacial score (nSPS) is 16.1. The lowest BCUT2D eigenvalue weighted by Crippen LogP contribution is -2.33. The zero-order valence-corrected chi connectivity index (χ0v) is 22.4. The summed E-state index contributed by atoms with van der Waals surface area (Å²) in [5, 5.41) is 0. The monoisotopic (exact) mass is 500 g/mol. The Morgan fingerprint density at radius 1 is 1.12 bits per heavy atom. The van der Waals surface area contributed by atoms with Gasteiger partial charge >= 0.3 is 0 Å². The van der Waals surface area contributed by atoms with Gasteiger partial charge in [-0.15, -0.1) is 0 Å². The van der Waals surface area contributed by atoms with Crippen molar-refractivity contribution in [3.05, 3.63) is 45.2 Å². The number of amides is 1. The zero-order chi connectivity index (χ0) is 24.7. The van der Waals surface area contributed by atoms with E-state index in [9.17, 15) is 9.59 Å². The first-order valence-corrected chi connectivity index (χ1v) is 13.7. The van der Waals surface area contributed by atoms with E-state index in [1.807, 2.05) is 18.2 Å². The van der Waals surface area contributed by atoms with E-state index in [4.69, 9.17) is 17.2 Å². The SMILES string of the molecule is CCCCC(CC)CN1C(=O)C(=Cc2c(N(CCC)CCC)nc3ccccn3c2=O)SC1=S. The molecule has 1 fully saturated rings. The van der Waals surface area contributed by atoms with Gasteiger partial charge in [0.1, 0.15) is 15.8 Å². The molecule has 0 saturated carbocycles. The number of hydrogen-bond acceptors (Lipinski definition) is 6. The highest BCUT2D eigenvalue weighted by atomic mass is 32.2. The van der Waals surface area contributed by atoms with Crippen LogP contribution < -0.4 is 10.5 Å². The Bertz CT molecular complexity index is 1110. The average Bonchev–Trinajstić information content (AvgIpc) is 3.10. The van der Waals surface area contributed by atoms with Crippen molar-refractivity contribution in [2.75, 3.05) is 24.5 Å². The number of rotatable bonds is 12. The summed E-state index contributed by atoms with van der Waals surface area (Å²) in [5.74, 6) is 0.959. The number of unbranched alkanes of at least 4 members (excludes halogenated alkanes) is 1. The fraction of sp³-hybridized carbons (Fsp3) is 0.538. The molecule has 6 nitrogen and oxygen atoms in total. The fourth-order valence-electron chi connectivity index (χ4n) is 4.29.